The highest BCUT2D eigenvalue weighted by Gasteiger charge is 2.01. The Morgan fingerprint density at radius 1 is 1.88 bits per heavy atom. The third-order valence-corrected chi connectivity index (χ3v) is 0.672. The van der Waals surface area contributed by atoms with Crippen molar-refractivity contribution in [3.05, 3.63) is 11.8 Å². The fraction of sp³-hybridized carbons (Fsp3) is 0. The van der Waals surface area contributed by atoms with Gasteiger partial charge in [-0.05, 0) is 0 Å². The summed E-state index contributed by atoms with van der Waals surface area (Å²) in [6.07, 6.45) is 1.15. The second-order valence-corrected chi connectivity index (χ2v) is 1.16. The number of hydrogen-bond acceptors (Lipinski definition) is 4. The van der Waals surface area contributed by atoms with Crippen LogP contribution in [0.3, 0.4) is 0 Å². The fourth-order valence-electron chi connectivity index (χ4n) is 0.310. The van der Waals surface area contributed by atoms with Crippen LogP contribution < -0.4 is 0 Å². The van der Waals surface area contributed by atoms with Crippen molar-refractivity contribution >= 4 is 0 Å². The van der Waals surface area contributed by atoms with E-state index >= 15 is 0 Å². The van der Waals surface area contributed by atoms with Gasteiger partial charge in [0.2, 0.25) is 0 Å². The van der Waals surface area contributed by atoms with Crippen LogP contribution in [-0.2, 0) is 0 Å². The first kappa shape index (κ1) is 4.65. The third-order valence-electron chi connectivity index (χ3n) is 0.672. The molecule has 0 bridgehead atoms. The normalized spacial score (nSPS) is 8.38. The van der Waals surface area contributed by atoms with Gasteiger partial charge >= 0.3 is 5.95 Å². The Balaban J connectivity index is 3.15. The van der Waals surface area contributed by atoms with Crippen molar-refractivity contribution in [3.63, 3.8) is 0 Å². The van der Waals surface area contributed by atoms with Crippen LogP contribution in [0.25, 0.3) is 0 Å². The molecule has 0 atom stereocenters. The Hall–Kier alpha value is -1.50. The van der Waals surface area contributed by atoms with E-state index < -0.39 is 5.95 Å². The first-order valence-corrected chi connectivity index (χ1v) is 1.88. The van der Waals surface area contributed by atoms with Gasteiger partial charge in [0.25, 0.3) is 0 Å². The molecule has 1 heterocycles. The molecule has 0 fully saturated rings. The third kappa shape index (κ3) is 0.500. The molecule has 0 aliphatic rings. The lowest BCUT2D eigenvalue weighted by molar-refractivity contribution is 0.277. The highest BCUT2D eigenvalue weighted by atomic mass is 16.5. The van der Waals surface area contributed by atoms with Crippen molar-refractivity contribution < 1.29 is 9.63 Å². The average Bonchev–Trinajstić information content (AvgIpc) is 2.14. The average molecular weight is 110 g/mol. The van der Waals surface area contributed by atoms with Crippen molar-refractivity contribution in [2.75, 3.05) is 0 Å². The van der Waals surface area contributed by atoms with Gasteiger partial charge in [-0.1, -0.05) is 5.16 Å². The molecule has 0 aliphatic heterocycles. The van der Waals surface area contributed by atoms with Gasteiger partial charge in [-0.3, -0.25) is 0 Å². The maximum absolute atomic E-state index is 8.50. The molecule has 0 saturated heterocycles. The molecule has 0 spiro atoms. The van der Waals surface area contributed by atoms with Crippen molar-refractivity contribution in [2.45, 2.75) is 0 Å². The van der Waals surface area contributed by atoms with Crippen LogP contribution >= 0.6 is 0 Å². The zero-order chi connectivity index (χ0) is 5.98. The predicted octanol–water partition coefficient (Wildman–Crippen LogP) is 0.252. The molecular formula is C4H2N2O2. The first-order chi connectivity index (χ1) is 3.84. The lowest BCUT2D eigenvalue weighted by Gasteiger charge is -1.72. The smallest absolute Gasteiger partial charge is 0.326 e. The maximum atomic E-state index is 8.50. The highest BCUT2D eigenvalue weighted by molar-refractivity contribution is 5.31. The molecule has 40 valence electrons. The van der Waals surface area contributed by atoms with E-state index in [2.05, 4.69) is 9.68 Å². The molecule has 8 heavy (non-hydrogen) atoms. The fourth-order valence-corrected chi connectivity index (χ4v) is 0.310. The molecule has 0 radical (unpaired) electrons. The van der Waals surface area contributed by atoms with Gasteiger partial charge in [0, 0.05) is 0 Å². The molecule has 1 rings (SSSR count). The van der Waals surface area contributed by atoms with Gasteiger partial charge in [0.05, 0.1) is 6.20 Å². The maximum Gasteiger partial charge on any atom is 0.326 e. The summed E-state index contributed by atoms with van der Waals surface area (Å²) in [6, 6.07) is 1.67. The summed E-state index contributed by atoms with van der Waals surface area (Å²) in [6.45, 7) is 0. The SMILES string of the molecule is N#Cc1cnoc1O. The Labute approximate surface area is 44.9 Å². The Morgan fingerprint density at radius 3 is 2.88 bits per heavy atom. The van der Waals surface area contributed by atoms with E-state index in [1.807, 2.05) is 0 Å². The lowest BCUT2D eigenvalue weighted by Crippen LogP contribution is -1.61. The Bertz CT molecular complexity index is 222. The summed E-state index contributed by atoms with van der Waals surface area (Å²) >= 11 is 0. The van der Waals surface area contributed by atoms with Crippen LogP contribution in [0.15, 0.2) is 10.7 Å². The molecule has 0 aliphatic carbocycles. The van der Waals surface area contributed by atoms with Crippen LogP contribution in [0, 0.1) is 11.3 Å². The summed E-state index contributed by atoms with van der Waals surface area (Å²) in [4.78, 5) is 0. The van der Waals surface area contributed by atoms with E-state index in [4.69, 9.17) is 10.4 Å². The summed E-state index contributed by atoms with van der Waals surface area (Å²) in [5.74, 6) is -0.424. The second-order valence-electron chi connectivity index (χ2n) is 1.16. The number of aromatic hydroxyl groups is 1. The van der Waals surface area contributed by atoms with Crippen molar-refractivity contribution in [1.82, 2.24) is 5.16 Å². The monoisotopic (exact) mass is 110 g/mol. The zero-order valence-electron chi connectivity index (χ0n) is 3.83. The summed E-state index contributed by atoms with van der Waals surface area (Å²) in [5.41, 5.74) is 0.0602. The standard InChI is InChI=1S/C4H2N2O2/c5-1-3-2-6-8-4(3)7/h2,7H. The summed E-state index contributed by atoms with van der Waals surface area (Å²) < 4.78 is 4.14. The molecule has 1 aromatic heterocycles. The molecule has 4 heteroatoms. The van der Waals surface area contributed by atoms with E-state index in [0.717, 1.165) is 6.20 Å². The topological polar surface area (TPSA) is 70.0 Å². The van der Waals surface area contributed by atoms with Crippen LogP contribution in [0.4, 0.5) is 0 Å². The van der Waals surface area contributed by atoms with Gasteiger partial charge in [-0.25, -0.2) is 0 Å². The summed E-state index contributed by atoms with van der Waals surface area (Å²) in [7, 11) is 0. The van der Waals surface area contributed by atoms with E-state index in [1.165, 1.54) is 0 Å². The number of nitriles is 1. The minimum Gasteiger partial charge on any atom is -0.478 e. The molecule has 1 aromatic rings. The number of aromatic nitrogens is 1. The molecule has 0 aromatic carbocycles. The van der Waals surface area contributed by atoms with Crippen LogP contribution in [-0.4, -0.2) is 10.3 Å². The highest BCUT2D eigenvalue weighted by Crippen LogP contribution is 2.11. The minimum atomic E-state index is -0.424. The van der Waals surface area contributed by atoms with E-state index in [1.54, 1.807) is 6.07 Å². The molecule has 0 unspecified atom stereocenters. The van der Waals surface area contributed by atoms with Crippen molar-refractivity contribution in [1.29, 1.82) is 5.26 Å². The van der Waals surface area contributed by atoms with Crippen LogP contribution in [0.2, 0.25) is 0 Å². The molecule has 1 N–H and O–H groups in total. The zero-order valence-corrected chi connectivity index (χ0v) is 3.83. The number of rotatable bonds is 0. The van der Waals surface area contributed by atoms with Crippen molar-refractivity contribution in [3.8, 4) is 12.0 Å². The lowest BCUT2D eigenvalue weighted by atomic mass is 10.4. The van der Waals surface area contributed by atoms with Gasteiger partial charge in [-0.2, -0.15) is 5.26 Å². The first-order valence-electron chi connectivity index (χ1n) is 1.88. The van der Waals surface area contributed by atoms with Crippen molar-refractivity contribution in [2.24, 2.45) is 0 Å². The Kier molecular flexibility index (Phi) is 0.897. The van der Waals surface area contributed by atoms with E-state index in [0.29, 0.717) is 0 Å². The largest absolute Gasteiger partial charge is 0.478 e. The molecular weight excluding hydrogens is 108 g/mol. The number of nitrogens with zero attached hydrogens (tertiary/aromatic N) is 2. The molecule has 0 saturated carbocycles. The second kappa shape index (κ2) is 1.54. The molecule has 4 nitrogen and oxygen atoms in total. The summed E-state index contributed by atoms with van der Waals surface area (Å²) in [5, 5.41) is 19.7. The molecule has 0 amide bonds. The predicted molar refractivity (Wildman–Crippen MR) is 22.9 cm³/mol. The van der Waals surface area contributed by atoms with Crippen LogP contribution in [0.5, 0.6) is 5.95 Å². The van der Waals surface area contributed by atoms with E-state index in [9.17, 15) is 0 Å². The van der Waals surface area contributed by atoms with E-state index in [-0.39, 0.29) is 5.56 Å². The quantitative estimate of drug-likeness (QED) is 0.519. The van der Waals surface area contributed by atoms with Gasteiger partial charge < -0.3 is 9.63 Å². The van der Waals surface area contributed by atoms with Gasteiger partial charge in [-0.15, -0.1) is 0 Å². The van der Waals surface area contributed by atoms with Crippen LogP contribution in [0.1, 0.15) is 5.56 Å². The Morgan fingerprint density at radius 2 is 2.62 bits per heavy atom. The van der Waals surface area contributed by atoms with Gasteiger partial charge in [0.1, 0.15) is 6.07 Å². The number of hydrogen-bond donors (Lipinski definition) is 1. The van der Waals surface area contributed by atoms with Gasteiger partial charge in [0.15, 0.2) is 5.56 Å². The minimum absolute atomic E-state index is 0.0602.